The van der Waals surface area contributed by atoms with Crippen LogP contribution in [-0.4, -0.2) is 47.8 Å². The van der Waals surface area contributed by atoms with Gasteiger partial charge in [-0.2, -0.15) is 0 Å². The van der Waals surface area contributed by atoms with Crippen molar-refractivity contribution in [1.82, 2.24) is 9.80 Å². The lowest BCUT2D eigenvalue weighted by molar-refractivity contribution is -0.153. The maximum absolute atomic E-state index is 12.3. The van der Waals surface area contributed by atoms with Gasteiger partial charge in [0.15, 0.2) is 0 Å². The molecule has 0 saturated carbocycles. The number of piperidine rings is 1. The molecule has 4 nitrogen and oxygen atoms in total. The number of hydrogen-bond acceptors (Lipinski definition) is 2. The molecule has 2 rings (SSSR count). The standard InChI is InChI=1S/C15H26N2O2/c1-12-9-13(2)11-17(10-12)15(19)14(18)16-7-5-3-4-6-8-16/h12-13H,3-11H2,1-2H3. The summed E-state index contributed by atoms with van der Waals surface area (Å²) in [5, 5.41) is 0. The molecule has 0 bridgehead atoms. The number of amides is 2. The van der Waals surface area contributed by atoms with Gasteiger partial charge in [0, 0.05) is 26.2 Å². The van der Waals surface area contributed by atoms with Crippen LogP contribution >= 0.6 is 0 Å². The minimum absolute atomic E-state index is 0.275. The minimum atomic E-state index is -0.278. The van der Waals surface area contributed by atoms with Crippen LogP contribution in [0.15, 0.2) is 0 Å². The van der Waals surface area contributed by atoms with E-state index in [0.717, 1.165) is 45.4 Å². The van der Waals surface area contributed by atoms with Gasteiger partial charge in [0.25, 0.3) is 0 Å². The van der Waals surface area contributed by atoms with Crippen molar-refractivity contribution in [3.8, 4) is 0 Å². The molecule has 2 amide bonds. The van der Waals surface area contributed by atoms with Crippen LogP contribution in [0.1, 0.15) is 46.0 Å². The molecule has 19 heavy (non-hydrogen) atoms. The molecular weight excluding hydrogens is 240 g/mol. The lowest BCUT2D eigenvalue weighted by Gasteiger charge is -2.35. The highest BCUT2D eigenvalue weighted by atomic mass is 16.2. The Labute approximate surface area is 116 Å². The van der Waals surface area contributed by atoms with Crippen molar-refractivity contribution in [2.45, 2.75) is 46.0 Å². The van der Waals surface area contributed by atoms with E-state index in [-0.39, 0.29) is 11.8 Å². The molecule has 2 saturated heterocycles. The predicted octanol–water partition coefficient (Wildman–Crippen LogP) is 1.89. The van der Waals surface area contributed by atoms with E-state index in [4.69, 9.17) is 0 Å². The summed E-state index contributed by atoms with van der Waals surface area (Å²) in [5.74, 6) is 0.456. The molecule has 2 fully saturated rings. The number of carbonyl (C=O) groups is 2. The molecule has 2 aliphatic rings. The molecule has 2 unspecified atom stereocenters. The van der Waals surface area contributed by atoms with E-state index in [2.05, 4.69) is 13.8 Å². The van der Waals surface area contributed by atoms with Crippen molar-refractivity contribution >= 4 is 11.8 Å². The summed E-state index contributed by atoms with van der Waals surface area (Å²) in [4.78, 5) is 28.2. The molecule has 4 heteroatoms. The molecule has 2 atom stereocenters. The normalized spacial score (nSPS) is 28.9. The lowest BCUT2D eigenvalue weighted by atomic mass is 9.92. The van der Waals surface area contributed by atoms with Gasteiger partial charge in [-0.1, -0.05) is 26.7 Å². The van der Waals surface area contributed by atoms with Gasteiger partial charge < -0.3 is 9.80 Å². The highest BCUT2D eigenvalue weighted by molar-refractivity contribution is 6.34. The summed E-state index contributed by atoms with van der Waals surface area (Å²) in [6.45, 7) is 7.30. The van der Waals surface area contributed by atoms with Crippen LogP contribution in [0.25, 0.3) is 0 Å². The van der Waals surface area contributed by atoms with Crippen molar-refractivity contribution in [2.75, 3.05) is 26.2 Å². The van der Waals surface area contributed by atoms with Crippen LogP contribution in [0.5, 0.6) is 0 Å². The average Bonchev–Trinajstić information content (AvgIpc) is 2.64. The van der Waals surface area contributed by atoms with Crippen LogP contribution in [0.2, 0.25) is 0 Å². The van der Waals surface area contributed by atoms with Crippen LogP contribution in [0, 0.1) is 11.8 Å². The third-order valence-corrected chi connectivity index (χ3v) is 4.23. The van der Waals surface area contributed by atoms with Crippen molar-refractivity contribution in [1.29, 1.82) is 0 Å². The predicted molar refractivity (Wildman–Crippen MR) is 74.6 cm³/mol. The fourth-order valence-corrected chi connectivity index (χ4v) is 3.37. The van der Waals surface area contributed by atoms with Gasteiger partial charge >= 0.3 is 11.8 Å². The Morgan fingerprint density at radius 2 is 1.26 bits per heavy atom. The molecule has 0 N–H and O–H groups in total. The van der Waals surface area contributed by atoms with E-state index in [1.54, 1.807) is 9.80 Å². The largest absolute Gasteiger partial charge is 0.334 e. The molecular formula is C15H26N2O2. The molecule has 0 radical (unpaired) electrons. The van der Waals surface area contributed by atoms with Gasteiger partial charge in [0.05, 0.1) is 0 Å². The molecule has 2 aliphatic heterocycles. The first-order valence-electron chi connectivity index (χ1n) is 7.66. The summed E-state index contributed by atoms with van der Waals surface area (Å²) in [6, 6.07) is 0. The number of carbonyl (C=O) groups excluding carboxylic acids is 2. The molecule has 0 aliphatic carbocycles. The monoisotopic (exact) mass is 266 g/mol. The van der Waals surface area contributed by atoms with Crippen LogP contribution in [0.4, 0.5) is 0 Å². The topological polar surface area (TPSA) is 40.6 Å². The number of likely N-dealkylation sites (tertiary alicyclic amines) is 2. The molecule has 108 valence electrons. The average molecular weight is 266 g/mol. The van der Waals surface area contributed by atoms with Gasteiger partial charge in [-0.05, 0) is 31.1 Å². The van der Waals surface area contributed by atoms with E-state index < -0.39 is 0 Å². The van der Waals surface area contributed by atoms with Gasteiger partial charge in [0.1, 0.15) is 0 Å². The zero-order valence-electron chi connectivity index (χ0n) is 12.2. The summed E-state index contributed by atoms with van der Waals surface area (Å²) >= 11 is 0. The van der Waals surface area contributed by atoms with E-state index in [1.165, 1.54) is 12.8 Å². The van der Waals surface area contributed by atoms with E-state index in [1.807, 2.05) is 0 Å². The van der Waals surface area contributed by atoms with Crippen LogP contribution < -0.4 is 0 Å². The Hall–Kier alpha value is -1.06. The maximum atomic E-state index is 12.3. The van der Waals surface area contributed by atoms with Gasteiger partial charge in [0.2, 0.25) is 0 Å². The zero-order valence-corrected chi connectivity index (χ0v) is 12.2. The molecule has 0 aromatic heterocycles. The highest BCUT2D eigenvalue weighted by Crippen LogP contribution is 2.21. The van der Waals surface area contributed by atoms with Crippen molar-refractivity contribution < 1.29 is 9.59 Å². The summed E-state index contributed by atoms with van der Waals surface area (Å²) in [7, 11) is 0. The van der Waals surface area contributed by atoms with Crippen LogP contribution in [-0.2, 0) is 9.59 Å². The summed E-state index contributed by atoms with van der Waals surface area (Å²) in [6.07, 6.45) is 5.57. The van der Waals surface area contributed by atoms with Crippen molar-refractivity contribution in [3.63, 3.8) is 0 Å². The number of rotatable bonds is 0. The maximum Gasteiger partial charge on any atom is 0.312 e. The first kappa shape index (κ1) is 14.4. The first-order chi connectivity index (χ1) is 9.08. The molecule has 0 aromatic carbocycles. The fourth-order valence-electron chi connectivity index (χ4n) is 3.37. The zero-order chi connectivity index (χ0) is 13.8. The Bertz CT molecular complexity index is 325. The smallest absolute Gasteiger partial charge is 0.312 e. The lowest BCUT2D eigenvalue weighted by Crippen LogP contribution is -2.50. The number of nitrogens with zero attached hydrogens (tertiary/aromatic N) is 2. The Morgan fingerprint density at radius 3 is 1.79 bits per heavy atom. The Balaban J connectivity index is 1.95. The third-order valence-electron chi connectivity index (χ3n) is 4.23. The van der Waals surface area contributed by atoms with Crippen molar-refractivity contribution in [2.24, 2.45) is 11.8 Å². The van der Waals surface area contributed by atoms with E-state index >= 15 is 0 Å². The van der Waals surface area contributed by atoms with Gasteiger partial charge in [-0.15, -0.1) is 0 Å². The summed E-state index contributed by atoms with van der Waals surface area (Å²) in [5.41, 5.74) is 0. The Morgan fingerprint density at radius 1 is 0.789 bits per heavy atom. The molecule has 0 spiro atoms. The van der Waals surface area contributed by atoms with Crippen molar-refractivity contribution in [3.05, 3.63) is 0 Å². The number of hydrogen-bond donors (Lipinski definition) is 0. The van der Waals surface area contributed by atoms with Gasteiger partial charge in [-0.3, -0.25) is 9.59 Å². The molecule has 0 aromatic rings. The van der Waals surface area contributed by atoms with Gasteiger partial charge in [-0.25, -0.2) is 0 Å². The second-order valence-electron chi connectivity index (χ2n) is 6.36. The van der Waals surface area contributed by atoms with E-state index in [9.17, 15) is 9.59 Å². The highest BCUT2D eigenvalue weighted by Gasteiger charge is 2.31. The second kappa shape index (κ2) is 6.40. The SMILES string of the molecule is CC1CC(C)CN(C(=O)C(=O)N2CCCCCC2)C1. The third kappa shape index (κ3) is 3.71. The molecule has 2 heterocycles. The second-order valence-corrected chi connectivity index (χ2v) is 6.36. The van der Waals surface area contributed by atoms with Crippen LogP contribution in [0.3, 0.4) is 0 Å². The minimum Gasteiger partial charge on any atom is -0.334 e. The quantitative estimate of drug-likeness (QED) is 0.628. The van der Waals surface area contributed by atoms with E-state index in [0.29, 0.717) is 11.8 Å². The Kier molecular flexibility index (Phi) is 4.83. The fraction of sp³-hybridized carbons (Fsp3) is 0.867. The summed E-state index contributed by atoms with van der Waals surface area (Å²) < 4.78 is 0. The first-order valence-corrected chi connectivity index (χ1v) is 7.66.